The second kappa shape index (κ2) is 7.33. The highest BCUT2D eigenvalue weighted by Crippen LogP contribution is 2.39. The molecule has 0 aliphatic carbocycles. The molecule has 5 heteroatoms. The van der Waals surface area contributed by atoms with Gasteiger partial charge in [0.05, 0.1) is 21.3 Å². The van der Waals surface area contributed by atoms with Crippen molar-refractivity contribution in [2.45, 2.75) is 19.5 Å². The zero-order valence-corrected chi connectivity index (χ0v) is 13.6. The summed E-state index contributed by atoms with van der Waals surface area (Å²) >= 11 is 1.75. The van der Waals surface area contributed by atoms with E-state index >= 15 is 0 Å². The molecule has 1 aromatic carbocycles. The van der Waals surface area contributed by atoms with E-state index in [-0.39, 0.29) is 0 Å². The van der Waals surface area contributed by atoms with Crippen molar-refractivity contribution in [2.75, 3.05) is 21.3 Å². The van der Waals surface area contributed by atoms with Gasteiger partial charge in [-0.2, -0.15) is 0 Å². The van der Waals surface area contributed by atoms with Crippen LogP contribution < -0.4 is 19.5 Å². The van der Waals surface area contributed by atoms with Crippen LogP contribution in [0.15, 0.2) is 29.6 Å². The van der Waals surface area contributed by atoms with Crippen LogP contribution in [0.3, 0.4) is 0 Å². The maximum absolute atomic E-state index is 5.49. The van der Waals surface area contributed by atoms with E-state index in [1.165, 1.54) is 4.88 Å². The fraction of sp³-hybridized carbons (Fsp3) is 0.375. The summed E-state index contributed by atoms with van der Waals surface area (Å²) in [4.78, 5) is 1.31. The summed E-state index contributed by atoms with van der Waals surface area (Å²) in [5.41, 5.74) is 1.04. The van der Waals surface area contributed by atoms with Crippen LogP contribution in [0.5, 0.6) is 17.2 Å². The van der Waals surface area contributed by atoms with Gasteiger partial charge in [-0.1, -0.05) is 12.1 Å². The van der Waals surface area contributed by atoms with E-state index in [9.17, 15) is 0 Å². The molecule has 1 heterocycles. The van der Waals surface area contributed by atoms with E-state index in [0.29, 0.717) is 29.8 Å². The van der Waals surface area contributed by atoms with Crippen LogP contribution in [0.4, 0.5) is 0 Å². The quantitative estimate of drug-likeness (QED) is 0.848. The smallest absolute Gasteiger partial charge is 0.203 e. The van der Waals surface area contributed by atoms with E-state index in [1.54, 1.807) is 32.7 Å². The van der Waals surface area contributed by atoms with Crippen molar-refractivity contribution in [3.63, 3.8) is 0 Å². The van der Waals surface area contributed by atoms with Gasteiger partial charge >= 0.3 is 0 Å². The van der Waals surface area contributed by atoms with Crippen LogP contribution >= 0.6 is 11.3 Å². The van der Waals surface area contributed by atoms with Gasteiger partial charge in [-0.25, -0.2) is 0 Å². The molecule has 0 unspecified atom stereocenters. The van der Waals surface area contributed by atoms with Gasteiger partial charge < -0.3 is 19.5 Å². The first kappa shape index (κ1) is 15.7. The normalized spacial score (nSPS) is 12.0. The second-order valence-electron chi connectivity index (χ2n) is 4.61. The maximum Gasteiger partial charge on any atom is 0.203 e. The topological polar surface area (TPSA) is 39.7 Å². The highest BCUT2D eigenvalue weighted by atomic mass is 32.1. The average Bonchev–Trinajstić information content (AvgIpc) is 3.05. The molecule has 0 amide bonds. The lowest BCUT2D eigenvalue weighted by Crippen LogP contribution is -2.17. The molecular weight excluding hydrogens is 286 g/mol. The van der Waals surface area contributed by atoms with Gasteiger partial charge in [0.2, 0.25) is 5.75 Å². The van der Waals surface area contributed by atoms with Crippen molar-refractivity contribution >= 4 is 11.3 Å². The van der Waals surface area contributed by atoms with Crippen molar-refractivity contribution < 1.29 is 14.2 Å². The predicted octanol–water partition coefficient (Wildman–Crippen LogP) is 3.62. The molecular formula is C16H21NO3S. The Balaban J connectivity index is 2.16. The molecule has 1 N–H and O–H groups in total. The Morgan fingerprint density at radius 1 is 1.05 bits per heavy atom. The fourth-order valence-electron chi connectivity index (χ4n) is 2.20. The minimum atomic E-state index is 0.294. The van der Waals surface area contributed by atoms with Crippen molar-refractivity contribution in [3.05, 3.63) is 40.1 Å². The minimum Gasteiger partial charge on any atom is -0.493 e. The van der Waals surface area contributed by atoms with Gasteiger partial charge in [-0.3, -0.25) is 0 Å². The average molecular weight is 307 g/mol. The van der Waals surface area contributed by atoms with Crippen LogP contribution in [0, 0.1) is 0 Å². The molecule has 4 nitrogen and oxygen atoms in total. The summed E-state index contributed by atoms with van der Waals surface area (Å²) in [6, 6.07) is 8.38. The first-order valence-electron chi connectivity index (χ1n) is 6.75. The Bertz CT molecular complexity index is 569. The van der Waals surface area contributed by atoms with Crippen molar-refractivity contribution in [1.82, 2.24) is 5.32 Å². The minimum absolute atomic E-state index is 0.294. The van der Waals surface area contributed by atoms with Crippen molar-refractivity contribution in [1.29, 1.82) is 0 Å². The van der Waals surface area contributed by atoms with Crippen molar-refractivity contribution in [2.24, 2.45) is 0 Å². The number of rotatable bonds is 7. The summed E-state index contributed by atoms with van der Waals surface area (Å²) in [7, 11) is 4.88. The number of nitrogens with one attached hydrogen (secondary N) is 1. The molecule has 0 saturated carbocycles. The summed E-state index contributed by atoms with van der Waals surface area (Å²) in [5.74, 6) is 2.01. The van der Waals surface area contributed by atoms with Gasteiger partial charge in [0.1, 0.15) is 0 Å². The highest BCUT2D eigenvalue weighted by Gasteiger charge is 2.16. The lowest BCUT2D eigenvalue weighted by atomic mass is 10.1. The third-order valence-electron chi connectivity index (χ3n) is 3.35. The fourth-order valence-corrected chi connectivity index (χ4v) is 2.96. The van der Waals surface area contributed by atoms with Gasteiger partial charge in [0, 0.05) is 23.0 Å². The Labute approximate surface area is 129 Å². The SMILES string of the molecule is COc1ccc(CN[C@@H](C)c2cccs2)c(OC)c1OC. The summed E-state index contributed by atoms with van der Waals surface area (Å²) < 4.78 is 16.2. The third-order valence-corrected chi connectivity index (χ3v) is 4.41. The lowest BCUT2D eigenvalue weighted by molar-refractivity contribution is 0.321. The standard InChI is InChI=1S/C16H21NO3S/c1-11(14-6-5-9-21-14)17-10-12-7-8-13(18-2)16(20-4)15(12)19-3/h5-9,11,17H,10H2,1-4H3/t11-/m0/s1. The molecule has 21 heavy (non-hydrogen) atoms. The number of methoxy groups -OCH3 is 3. The summed E-state index contributed by atoms with van der Waals surface area (Å²) in [6.45, 7) is 2.85. The molecule has 0 radical (unpaired) electrons. The van der Waals surface area contributed by atoms with E-state index < -0.39 is 0 Å². The highest BCUT2D eigenvalue weighted by molar-refractivity contribution is 7.10. The number of thiophene rings is 1. The first-order chi connectivity index (χ1) is 10.2. The Morgan fingerprint density at radius 2 is 1.81 bits per heavy atom. The van der Waals surface area contributed by atoms with Crippen molar-refractivity contribution in [3.8, 4) is 17.2 Å². The van der Waals surface area contributed by atoms with Crippen LogP contribution in [-0.2, 0) is 6.54 Å². The molecule has 2 rings (SSSR count). The van der Waals surface area contributed by atoms with Gasteiger partial charge in [0.15, 0.2) is 11.5 Å². The van der Waals surface area contributed by atoms with Crippen LogP contribution in [0.25, 0.3) is 0 Å². The molecule has 2 aromatic rings. The van der Waals surface area contributed by atoms with Crippen LogP contribution in [0.1, 0.15) is 23.4 Å². The van der Waals surface area contributed by atoms with E-state index in [4.69, 9.17) is 14.2 Å². The number of ether oxygens (including phenoxy) is 3. The molecule has 114 valence electrons. The van der Waals surface area contributed by atoms with Crippen LogP contribution in [0.2, 0.25) is 0 Å². The maximum atomic E-state index is 5.49. The Hall–Kier alpha value is -1.72. The van der Waals surface area contributed by atoms with E-state index in [1.807, 2.05) is 12.1 Å². The van der Waals surface area contributed by atoms with Crippen LogP contribution in [-0.4, -0.2) is 21.3 Å². The molecule has 1 aromatic heterocycles. The Kier molecular flexibility index (Phi) is 5.47. The molecule has 1 atom stereocenters. The molecule has 0 aliphatic heterocycles. The first-order valence-corrected chi connectivity index (χ1v) is 7.63. The van der Waals surface area contributed by atoms with E-state index in [2.05, 4.69) is 29.8 Å². The third kappa shape index (κ3) is 3.49. The van der Waals surface area contributed by atoms with Gasteiger partial charge in [-0.05, 0) is 24.4 Å². The summed E-state index contributed by atoms with van der Waals surface area (Å²) in [6.07, 6.45) is 0. The molecule has 0 fully saturated rings. The number of benzene rings is 1. The monoisotopic (exact) mass is 307 g/mol. The zero-order valence-electron chi connectivity index (χ0n) is 12.8. The molecule has 0 saturated heterocycles. The lowest BCUT2D eigenvalue weighted by Gasteiger charge is -2.18. The largest absolute Gasteiger partial charge is 0.493 e. The predicted molar refractivity (Wildman–Crippen MR) is 85.7 cm³/mol. The van der Waals surface area contributed by atoms with E-state index in [0.717, 1.165) is 5.56 Å². The molecule has 0 spiro atoms. The Morgan fingerprint density at radius 3 is 2.38 bits per heavy atom. The molecule has 0 bridgehead atoms. The number of hydrogen-bond donors (Lipinski definition) is 1. The second-order valence-corrected chi connectivity index (χ2v) is 5.59. The van der Waals surface area contributed by atoms with Gasteiger partial charge in [-0.15, -0.1) is 11.3 Å². The zero-order chi connectivity index (χ0) is 15.2. The summed E-state index contributed by atoms with van der Waals surface area (Å²) in [5, 5.41) is 5.59. The molecule has 0 aliphatic rings. The number of hydrogen-bond acceptors (Lipinski definition) is 5. The van der Waals surface area contributed by atoms with Gasteiger partial charge in [0.25, 0.3) is 0 Å².